The highest BCUT2D eigenvalue weighted by atomic mass is 35.5. The van der Waals surface area contributed by atoms with Gasteiger partial charge in [-0.3, -0.25) is 14.4 Å². The highest BCUT2D eigenvalue weighted by Gasteiger charge is 2.29. The number of carbonyl (C=O) groups excluding carboxylic acids is 2. The van der Waals surface area contributed by atoms with E-state index >= 15 is 0 Å². The topological polar surface area (TPSA) is 103 Å². The number of carbonyl (C=O) groups is 2. The molecule has 2 heterocycles. The fraction of sp³-hybridized carbons (Fsp3) is 0.333. The van der Waals surface area contributed by atoms with E-state index in [1.165, 1.54) is 10.9 Å². The lowest BCUT2D eigenvalue weighted by molar-refractivity contribution is -0.149. The van der Waals surface area contributed by atoms with Crippen LogP contribution in [-0.4, -0.2) is 52.9 Å². The molecule has 10 heteroatoms. The zero-order valence-electron chi connectivity index (χ0n) is 20.8. The number of likely N-dealkylation sites (tertiary alicyclic amines) is 1. The van der Waals surface area contributed by atoms with E-state index in [1.807, 2.05) is 6.92 Å². The van der Waals surface area contributed by atoms with Crippen LogP contribution in [0.15, 0.2) is 59.5 Å². The fourth-order valence-corrected chi connectivity index (χ4v) is 4.35. The third-order valence-corrected chi connectivity index (χ3v) is 6.30. The van der Waals surface area contributed by atoms with E-state index in [0.717, 1.165) is 6.42 Å². The van der Waals surface area contributed by atoms with Crippen molar-refractivity contribution in [3.05, 3.63) is 75.7 Å². The number of halogens is 1. The maximum absolute atomic E-state index is 13.3. The van der Waals surface area contributed by atoms with Gasteiger partial charge in [0.15, 0.2) is 11.4 Å². The van der Waals surface area contributed by atoms with Crippen molar-refractivity contribution in [1.29, 1.82) is 0 Å². The molecule has 1 unspecified atom stereocenters. The first-order chi connectivity index (χ1) is 17.9. The van der Waals surface area contributed by atoms with Crippen molar-refractivity contribution in [3.63, 3.8) is 0 Å². The molecule has 1 N–H and O–H groups in total. The van der Waals surface area contributed by atoms with Crippen molar-refractivity contribution >= 4 is 34.9 Å². The maximum atomic E-state index is 13.3. The minimum Gasteiger partial charge on any atom is -0.490 e. The monoisotopic (exact) mass is 524 g/mol. The minimum absolute atomic E-state index is 0.149. The number of piperidine rings is 1. The summed E-state index contributed by atoms with van der Waals surface area (Å²) in [6.07, 6.45) is 2.94. The van der Waals surface area contributed by atoms with Gasteiger partial charge >= 0.3 is 5.97 Å². The number of amides is 1. The molecule has 0 radical (unpaired) electrons. The molecule has 1 atom stereocenters. The molecule has 0 spiro atoms. The van der Waals surface area contributed by atoms with Gasteiger partial charge in [0, 0.05) is 29.4 Å². The quantitative estimate of drug-likeness (QED) is 0.434. The molecule has 3 aromatic rings. The maximum Gasteiger partial charge on any atom is 0.310 e. The second kappa shape index (κ2) is 11.9. The molecule has 0 aliphatic carbocycles. The number of aromatic nitrogens is 2. The van der Waals surface area contributed by atoms with Crippen molar-refractivity contribution in [2.24, 2.45) is 5.92 Å². The number of rotatable bonds is 8. The summed E-state index contributed by atoms with van der Waals surface area (Å²) < 4.78 is 12.0. The van der Waals surface area contributed by atoms with Gasteiger partial charge in [-0.1, -0.05) is 11.6 Å². The summed E-state index contributed by atoms with van der Waals surface area (Å²) >= 11 is 5.97. The zero-order valence-corrected chi connectivity index (χ0v) is 21.5. The largest absolute Gasteiger partial charge is 0.490 e. The van der Waals surface area contributed by atoms with Crippen LogP contribution in [0.3, 0.4) is 0 Å². The molecule has 1 fully saturated rings. The lowest BCUT2D eigenvalue weighted by Crippen LogP contribution is -2.42. The number of nitrogens with zero attached hydrogens (tertiary/aromatic N) is 3. The standard InChI is InChI=1S/C27H29ClN4O5/c1-3-36-23-16-29-32(22-13-9-20(28)10-14-22)26(34)24(23)30-21-11-7-18(8-12-21)25(33)31-15-5-6-19(17-31)27(35)37-4-2/h7-14,16,19,30H,3-6,15,17H2,1-2H3. The average Bonchev–Trinajstić information content (AvgIpc) is 2.92. The van der Waals surface area contributed by atoms with Crippen LogP contribution in [0.25, 0.3) is 5.69 Å². The summed E-state index contributed by atoms with van der Waals surface area (Å²) in [5.41, 5.74) is 1.48. The molecule has 1 saturated heterocycles. The van der Waals surface area contributed by atoms with Crippen LogP contribution in [0.2, 0.25) is 5.02 Å². The molecule has 0 bridgehead atoms. The number of benzene rings is 2. The van der Waals surface area contributed by atoms with Crippen LogP contribution >= 0.6 is 11.6 Å². The molecular weight excluding hydrogens is 496 g/mol. The van der Waals surface area contributed by atoms with Crippen LogP contribution in [0.4, 0.5) is 11.4 Å². The highest BCUT2D eigenvalue weighted by molar-refractivity contribution is 6.30. The highest BCUT2D eigenvalue weighted by Crippen LogP contribution is 2.25. The van der Waals surface area contributed by atoms with Crippen molar-refractivity contribution in [3.8, 4) is 11.4 Å². The summed E-state index contributed by atoms with van der Waals surface area (Å²) in [6.45, 7) is 5.21. The van der Waals surface area contributed by atoms with E-state index in [-0.39, 0.29) is 23.5 Å². The van der Waals surface area contributed by atoms with E-state index in [4.69, 9.17) is 21.1 Å². The van der Waals surface area contributed by atoms with E-state index in [9.17, 15) is 14.4 Å². The third-order valence-electron chi connectivity index (χ3n) is 6.04. The number of anilines is 2. The molecule has 1 amide bonds. The van der Waals surface area contributed by atoms with Crippen LogP contribution in [0.5, 0.6) is 5.75 Å². The zero-order chi connectivity index (χ0) is 26.4. The van der Waals surface area contributed by atoms with Crippen LogP contribution in [0, 0.1) is 5.92 Å². The molecule has 2 aromatic carbocycles. The Morgan fingerprint density at radius 2 is 1.81 bits per heavy atom. The summed E-state index contributed by atoms with van der Waals surface area (Å²) in [7, 11) is 0. The van der Waals surface area contributed by atoms with Gasteiger partial charge in [0.25, 0.3) is 11.5 Å². The Hall–Kier alpha value is -3.85. The molecule has 9 nitrogen and oxygen atoms in total. The fourth-order valence-electron chi connectivity index (χ4n) is 4.22. The molecule has 37 heavy (non-hydrogen) atoms. The summed E-state index contributed by atoms with van der Waals surface area (Å²) in [4.78, 5) is 40.2. The normalized spacial score (nSPS) is 15.2. The first kappa shape index (κ1) is 26.2. The Bertz CT molecular complexity index is 1310. The predicted octanol–water partition coefficient (Wildman–Crippen LogP) is 4.44. The van der Waals surface area contributed by atoms with Crippen molar-refractivity contribution in [2.45, 2.75) is 26.7 Å². The van der Waals surface area contributed by atoms with Gasteiger partial charge in [-0.25, -0.2) is 0 Å². The second-order valence-electron chi connectivity index (χ2n) is 8.55. The minimum atomic E-state index is -0.397. The second-order valence-corrected chi connectivity index (χ2v) is 8.99. The predicted molar refractivity (Wildman–Crippen MR) is 141 cm³/mol. The van der Waals surface area contributed by atoms with Crippen LogP contribution in [-0.2, 0) is 9.53 Å². The number of nitrogens with one attached hydrogen (secondary N) is 1. The molecule has 194 valence electrons. The van der Waals surface area contributed by atoms with Gasteiger partial charge in [-0.05, 0) is 75.2 Å². The summed E-state index contributed by atoms with van der Waals surface area (Å²) in [6, 6.07) is 13.6. The summed E-state index contributed by atoms with van der Waals surface area (Å²) in [5, 5.41) is 7.90. The Labute approximate surface area is 219 Å². The SMILES string of the molecule is CCOC(=O)C1CCCN(C(=O)c2ccc(Nc3c(OCC)cnn(-c4ccc(Cl)cc4)c3=O)cc2)C1. The van der Waals surface area contributed by atoms with Crippen molar-refractivity contribution in [1.82, 2.24) is 14.7 Å². The lowest BCUT2D eigenvalue weighted by Gasteiger charge is -2.31. The van der Waals surface area contributed by atoms with Crippen LogP contribution in [0.1, 0.15) is 37.0 Å². The number of hydrogen-bond donors (Lipinski definition) is 1. The van der Waals surface area contributed by atoms with Gasteiger partial charge in [0.2, 0.25) is 0 Å². The first-order valence-corrected chi connectivity index (χ1v) is 12.6. The molecule has 1 aromatic heterocycles. The Morgan fingerprint density at radius 1 is 1.08 bits per heavy atom. The van der Waals surface area contributed by atoms with Crippen molar-refractivity contribution in [2.75, 3.05) is 31.6 Å². The number of hydrogen-bond acceptors (Lipinski definition) is 7. The lowest BCUT2D eigenvalue weighted by atomic mass is 9.97. The first-order valence-electron chi connectivity index (χ1n) is 12.2. The summed E-state index contributed by atoms with van der Waals surface area (Å²) in [5.74, 6) is -0.392. The molecule has 4 rings (SSSR count). The third kappa shape index (κ3) is 6.11. The number of ether oxygens (including phenoxy) is 2. The number of esters is 1. The Morgan fingerprint density at radius 3 is 2.49 bits per heavy atom. The van der Waals surface area contributed by atoms with Crippen LogP contribution < -0.4 is 15.6 Å². The van der Waals surface area contributed by atoms with E-state index in [1.54, 1.807) is 60.4 Å². The van der Waals surface area contributed by atoms with Gasteiger partial charge in [-0.2, -0.15) is 9.78 Å². The molecular formula is C27H29ClN4O5. The Kier molecular flexibility index (Phi) is 8.45. The van der Waals surface area contributed by atoms with E-state index < -0.39 is 5.56 Å². The van der Waals surface area contributed by atoms with Gasteiger partial charge in [0.05, 0.1) is 31.0 Å². The van der Waals surface area contributed by atoms with Gasteiger partial charge in [-0.15, -0.1) is 0 Å². The molecule has 0 saturated carbocycles. The molecule has 1 aliphatic rings. The van der Waals surface area contributed by atoms with E-state index in [2.05, 4.69) is 10.4 Å². The smallest absolute Gasteiger partial charge is 0.310 e. The van der Waals surface area contributed by atoms with Gasteiger partial charge in [0.1, 0.15) is 0 Å². The Balaban J connectivity index is 1.53. The average molecular weight is 525 g/mol. The van der Waals surface area contributed by atoms with E-state index in [0.29, 0.717) is 60.4 Å². The molecule has 1 aliphatic heterocycles. The van der Waals surface area contributed by atoms with Gasteiger partial charge < -0.3 is 19.7 Å². The van der Waals surface area contributed by atoms with Crippen molar-refractivity contribution < 1.29 is 19.1 Å².